The number of aliphatic hydroxyl groups is 1. The van der Waals surface area contributed by atoms with Crippen LogP contribution in [0.25, 0.3) is 0 Å². The summed E-state index contributed by atoms with van der Waals surface area (Å²) in [6, 6.07) is -0.550. The van der Waals surface area contributed by atoms with E-state index >= 15 is 0 Å². The van der Waals surface area contributed by atoms with Gasteiger partial charge in [0, 0.05) is 0 Å². The van der Waals surface area contributed by atoms with E-state index in [0.717, 1.165) is 0 Å². The maximum Gasteiger partial charge on any atom is 0.407 e. The van der Waals surface area contributed by atoms with Crippen LogP contribution in [-0.2, 0) is 9.53 Å². The lowest BCUT2D eigenvalue weighted by molar-refractivity contribution is -0.141. The van der Waals surface area contributed by atoms with Gasteiger partial charge in [-0.2, -0.15) is 0 Å². The van der Waals surface area contributed by atoms with Crippen LogP contribution in [0.2, 0.25) is 0 Å². The Morgan fingerprint density at radius 1 is 1.29 bits per heavy atom. The molecule has 3 atom stereocenters. The standard InChI is InChI=1S/C11H19NO5/c1-11(2,3)17-10(16)12-7-4-6(9(14)15)5-8(7)13/h6-8,13H,4-5H2,1-3H3,(H,12,16)(H,14,15)/t6-,7-,8+/m1/s1. The second-order valence-electron chi connectivity index (χ2n) is 5.33. The van der Waals surface area contributed by atoms with E-state index in [1.54, 1.807) is 20.8 Å². The summed E-state index contributed by atoms with van der Waals surface area (Å²) in [6.07, 6.45) is -1.07. The zero-order valence-corrected chi connectivity index (χ0v) is 10.3. The highest BCUT2D eigenvalue weighted by Gasteiger charge is 2.38. The molecule has 0 aromatic rings. The van der Waals surface area contributed by atoms with Gasteiger partial charge in [0.2, 0.25) is 0 Å². The number of amides is 1. The Balaban J connectivity index is 2.47. The summed E-state index contributed by atoms with van der Waals surface area (Å²) in [6.45, 7) is 5.20. The number of hydrogen-bond acceptors (Lipinski definition) is 4. The van der Waals surface area contributed by atoms with Crippen molar-refractivity contribution in [2.75, 3.05) is 0 Å². The minimum Gasteiger partial charge on any atom is -0.481 e. The number of aliphatic carboxylic acids is 1. The number of carbonyl (C=O) groups is 2. The van der Waals surface area contributed by atoms with Crippen molar-refractivity contribution >= 4 is 12.1 Å². The maximum absolute atomic E-state index is 11.4. The van der Waals surface area contributed by atoms with Crippen molar-refractivity contribution in [2.24, 2.45) is 5.92 Å². The Morgan fingerprint density at radius 3 is 2.29 bits per heavy atom. The molecule has 0 bridgehead atoms. The van der Waals surface area contributed by atoms with Gasteiger partial charge in [-0.15, -0.1) is 0 Å². The molecule has 3 N–H and O–H groups in total. The molecule has 98 valence electrons. The Labute approximate surface area is 100.0 Å². The monoisotopic (exact) mass is 245 g/mol. The quantitative estimate of drug-likeness (QED) is 0.666. The first-order chi connectivity index (χ1) is 7.69. The van der Waals surface area contributed by atoms with Crippen LogP contribution in [0.1, 0.15) is 33.6 Å². The number of rotatable bonds is 2. The molecule has 0 saturated heterocycles. The van der Waals surface area contributed by atoms with Crippen LogP contribution in [0.15, 0.2) is 0 Å². The van der Waals surface area contributed by atoms with Gasteiger partial charge >= 0.3 is 12.1 Å². The summed E-state index contributed by atoms with van der Waals surface area (Å²) in [7, 11) is 0. The third-order valence-electron chi connectivity index (χ3n) is 2.58. The molecule has 0 spiro atoms. The second-order valence-corrected chi connectivity index (χ2v) is 5.33. The van der Waals surface area contributed by atoms with Crippen LogP contribution in [0.4, 0.5) is 4.79 Å². The van der Waals surface area contributed by atoms with E-state index in [-0.39, 0.29) is 12.8 Å². The molecule has 1 aliphatic carbocycles. The minimum absolute atomic E-state index is 0.162. The van der Waals surface area contributed by atoms with E-state index in [9.17, 15) is 14.7 Å². The Kier molecular flexibility index (Phi) is 3.98. The first-order valence-electron chi connectivity index (χ1n) is 5.59. The molecule has 17 heavy (non-hydrogen) atoms. The average Bonchev–Trinajstić information content (AvgIpc) is 2.44. The molecule has 1 fully saturated rings. The van der Waals surface area contributed by atoms with Crippen molar-refractivity contribution in [2.45, 2.75) is 51.4 Å². The molecule has 0 aliphatic heterocycles. The van der Waals surface area contributed by atoms with E-state index in [2.05, 4.69) is 5.32 Å². The highest BCUT2D eigenvalue weighted by molar-refractivity contribution is 5.72. The van der Waals surface area contributed by atoms with Crippen LogP contribution >= 0.6 is 0 Å². The zero-order valence-electron chi connectivity index (χ0n) is 10.3. The third-order valence-corrected chi connectivity index (χ3v) is 2.58. The molecule has 1 rings (SSSR count). The molecule has 1 aliphatic rings. The van der Waals surface area contributed by atoms with E-state index in [4.69, 9.17) is 9.84 Å². The van der Waals surface area contributed by atoms with Crippen LogP contribution in [0.5, 0.6) is 0 Å². The SMILES string of the molecule is CC(C)(C)OC(=O)N[C@@H]1C[C@@H](C(=O)O)C[C@@H]1O. The topological polar surface area (TPSA) is 95.9 Å². The molecule has 0 unspecified atom stereocenters. The maximum atomic E-state index is 11.4. The smallest absolute Gasteiger partial charge is 0.407 e. The summed E-state index contributed by atoms with van der Waals surface area (Å²) in [4.78, 5) is 22.2. The van der Waals surface area contributed by atoms with Gasteiger partial charge in [-0.25, -0.2) is 4.79 Å². The van der Waals surface area contributed by atoms with Gasteiger partial charge in [0.25, 0.3) is 0 Å². The van der Waals surface area contributed by atoms with E-state index in [0.29, 0.717) is 0 Å². The Hall–Kier alpha value is -1.30. The number of carboxylic acids is 1. The zero-order chi connectivity index (χ0) is 13.2. The van der Waals surface area contributed by atoms with Crippen molar-refractivity contribution in [3.63, 3.8) is 0 Å². The fourth-order valence-electron chi connectivity index (χ4n) is 1.83. The third kappa shape index (κ3) is 4.22. The molecule has 0 heterocycles. The van der Waals surface area contributed by atoms with Crippen molar-refractivity contribution in [3.05, 3.63) is 0 Å². The lowest BCUT2D eigenvalue weighted by Gasteiger charge is -2.22. The Morgan fingerprint density at radius 2 is 1.88 bits per heavy atom. The number of hydrogen-bond donors (Lipinski definition) is 3. The predicted octanol–water partition coefficient (Wildman–Crippen LogP) is 0.735. The molecular weight excluding hydrogens is 226 g/mol. The predicted molar refractivity (Wildman–Crippen MR) is 59.5 cm³/mol. The highest BCUT2D eigenvalue weighted by atomic mass is 16.6. The molecule has 0 aromatic carbocycles. The van der Waals surface area contributed by atoms with Crippen LogP contribution in [-0.4, -0.2) is 40.0 Å². The van der Waals surface area contributed by atoms with Gasteiger partial charge in [-0.3, -0.25) is 4.79 Å². The fraction of sp³-hybridized carbons (Fsp3) is 0.818. The van der Waals surface area contributed by atoms with E-state index in [1.165, 1.54) is 0 Å². The van der Waals surface area contributed by atoms with Gasteiger partial charge < -0.3 is 20.3 Å². The van der Waals surface area contributed by atoms with Gasteiger partial charge in [0.1, 0.15) is 5.60 Å². The number of ether oxygens (including phenoxy) is 1. The summed E-state index contributed by atoms with van der Waals surface area (Å²) in [5, 5.41) is 20.9. The lowest BCUT2D eigenvalue weighted by Crippen LogP contribution is -2.42. The van der Waals surface area contributed by atoms with Crippen LogP contribution in [0.3, 0.4) is 0 Å². The summed E-state index contributed by atoms with van der Waals surface area (Å²) < 4.78 is 5.04. The molecule has 6 nitrogen and oxygen atoms in total. The van der Waals surface area contributed by atoms with E-state index < -0.39 is 35.7 Å². The number of aliphatic hydroxyl groups excluding tert-OH is 1. The van der Waals surface area contributed by atoms with E-state index in [1.807, 2.05) is 0 Å². The number of alkyl carbamates (subject to hydrolysis) is 1. The Bertz CT molecular complexity index is 309. The second kappa shape index (κ2) is 4.91. The largest absolute Gasteiger partial charge is 0.481 e. The molecular formula is C11H19NO5. The number of carbonyl (C=O) groups excluding carboxylic acids is 1. The normalized spacial score (nSPS) is 28.8. The summed E-state index contributed by atoms with van der Waals surface area (Å²) in [5.41, 5.74) is -0.611. The molecule has 6 heteroatoms. The summed E-state index contributed by atoms with van der Waals surface area (Å²) >= 11 is 0. The summed E-state index contributed by atoms with van der Waals surface area (Å²) in [5.74, 6) is -1.55. The minimum atomic E-state index is -0.947. The molecule has 1 saturated carbocycles. The van der Waals surface area contributed by atoms with Crippen molar-refractivity contribution in [1.82, 2.24) is 5.32 Å². The van der Waals surface area contributed by atoms with Crippen LogP contribution < -0.4 is 5.32 Å². The van der Waals surface area contributed by atoms with Gasteiger partial charge in [0.05, 0.1) is 18.1 Å². The molecule has 0 radical (unpaired) electrons. The first kappa shape index (κ1) is 13.8. The molecule has 0 aromatic heterocycles. The first-order valence-corrected chi connectivity index (χ1v) is 5.59. The number of carboxylic acid groups (broad SMARTS) is 1. The average molecular weight is 245 g/mol. The van der Waals surface area contributed by atoms with Crippen molar-refractivity contribution in [3.8, 4) is 0 Å². The van der Waals surface area contributed by atoms with Crippen LogP contribution in [0, 0.1) is 5.92 Å². The highest BCUT2D eigenvalue weighted by Crippen LogP contribution is 2.26. The van der Waals surface area contributed by atoms with Gasteiger partial charge in [-0.05, 0) is 33.6 Å². The van der Waals surface area contributed by atoms with Gasteiger partial charge in [0.15, 0.2) is 0 Å². The fourth-order valence-corrected chi connectivity index (χ4v) is 1.83. The van der Waals surface area contributed by atoms with Crippen molar-refractivity contribution < 1.29 is 24.5 Å². The lowest BCUT2D eigenvalue weighted by atomic mass is 10.1. The van der Waals surface area contributed by atoms with Gasteiger partial charge in [-0.1, -0.05) is 0 Å². The van der Waals surface area contributed by atoms with Crippen molar-refractivity contribution in [1.29, 1.82) is 0 Å². The number of nitrogens with one attached hydrogen (secondary N) is 1. The molecule has 1 amide bonds.